The smallest absolute Gasteiger partial charge is 0.327 e. The van der Waals surface area contributed by atoms with Crippen LogP contribution in [-0.2, 0) is 25.7 Å². The first-order chi connectivity index (χ1) is 13.3. The van der Waals surface area contributed by atoms with Crippen molar-refractivity contribution in [2.45, 2.75) is 19.6 Å². The minimum atomic E-state index is -1.09. The van der Waals surface area contributed by atoms with Gasteiger partial charge in [0.15, 0.2) is 17.6 Å². The van der Waals surface area contributed by atoms with Gasteiger partial charge in [0, 0.05) is 13.6 Å². The number of likely N-dealkylation sites (N-methyl/N-ethyl adjacent to an activating group) is 1. The van der Waals surface area contributed by atoms with E-state index in [4.69, 9.17) is 14.2 Å². The Morgan fingerprint density at radius 1 is 1.18 bits per heavy atom. The van der Waals surface area contributed by atoms with Crippen molar-refractivity contribution in [2.24, 2.45) is 0 Å². The molecule has 1 saturated heterocycles. The predicted octanol–water partition coefficient (Wildman–Crippen LogP) is 0.146. The number of ether oxygens (including phenoxy) is 3. The lowest BCUT2D eigenvalue weighted by atomic mass is 10.2. The third kappa shape index (κ3) is 4.90. The Labute approximate surface area is 162 Å². The van der Waals surface area contributed by atoms with Crippen LogP contribution in [0.15, 0.2) is 18.2 Å². The molecule has 0 unspecified atom stereocenters. The van der Waals surface area contributed by atoms with Crippen LogP contribution in [0, 0.1) is 0 Å². The van der Waals surface area contributed by atoms with E-state index in [1.54, 1.807) is 18.2 Å². The Morgan fingerprint density at radius 3 is 2.43 bits per heavy atom. The van der Waals surface area contributed by atoms with Gasteiger partial charge < -0.3 is 24.4 Å². The number of imide groups is 1. The molecular weight excluding hydrogens is 370 g/mol. The molecule has 1 heterocycles. The van der Waals surface area contributed by atoms with E-state index >= 15 is 0 Å². The molecule has 0 aromatic heterocycles. The fourth-order valence-corrected chi connectivity index (χ4v) is 2.56. The van der Waals surface area contributed by atoms with Crippen LogP contribution in [0.4, 0.5) is 4.79 Å². The minimum absolute atomic E-state index is 0.0898. The number of methoxy groups -OCH3 is 2. The summed E-state index contributed by atoms with van der Waals surface area (Å²) >= 11 is 0. The highest BCUT2D eigenvalue weighted by atomic mass is 16.5. The van der Waals surface area contributed by atoms with Crippen molar-refractivity contribution in [1.29, 1.82) is 0 Å². The van der Waals surface area contributed by atoms with E-state index in [-0.39, 0.29) is 13.1 Å². The highest BCUT2D eigenvalue weighted by Gasteiger charge is 2.35. The largest absolute Gasteiger partial charge is 0.493 e. The van der Waals surface area contributed by atoms with Crippen LogP contribution < -0.4 is 14.8 Å². The number of esters is 1. The van der Waals surface area contributed by atoms with Gasteiger partial charge in [-0.05, 0) is 24.6 Å². The number of hydrogen-bond acceptors (Lipinski definition) is 7. The Kier molecular flexibility index (Phi) is 6.80. The number of benzene rings is 1. The van der Waals surface area contributed by atoms with Crippen LogP contribution in [0.5, 0.6) is 11.5 Å². The van der Waals surface area contributed by atoms with Crippen molar-refractivity contribution in [2.75, 3.05) is 34.4 Å². The second kappa shape index (κ2) is 9.07. The first kappa shape index (κ1) is 21.0. The first-order valence-corrected chi connectivity index (χ1v) is 8.50. The maximum Gasteiger partial charge on any atom is 0.327 e. The Balaban J connectivity index is 1.85. The molecule has 4 amide bonds. The zero-order chi connectivity index (χ0) is 20.8. The van der Waals surface area contributed by atoms with E-state index in [2.05, 4.69) is 5.32 Å². The van der Waals surface area contributed by atoms with Gasteiger partial charge in [0.05, 0.1) is 14.2 Å². The lowest BCUT2D eigenvalue weighted by Gasteiger charge is -2.17. The molecule has 1 aromatic rings. The molecule has 1 fully saturated rings. The van der Waals surface area contributed by atoms with Gasteiger partial charge in [-0.15, -0.1) is 0 Å². The summed E-state index contributed by atoms with van der Waals surface area (Å²) in [6.45, 7) is 0.972. The molecule has 2 rings (SSSR count). The fraction of sp³-hybridized carbons (Fsp3) is 0.444. The summed E-state index contributed by atoms with van der Waals surface area (Å²) in [4.78, 5) is 49.5. The van der Waals surface area contributed by atoms with Crippen molar-refractivity contribution >= 4 is 23.8 Å². The summed E-state index contributed by atoms with van der Waals surface area (Å²) in [6.07, 6.45) is -1.09. The molecule has 0 radical (unpaired) electrons. The highest BCUT2D eigenvalue weighted by Crippen LogP contribution is 2.27. The molecule has 1 aromatic carbocycles. The Morgan fingerprint density at radius 2 is 1.86 bits per heavy atom. The zero-order valence-electron chi connectivity index (χ0n) is 16.2. The van der Waals surface area contributed by atoms with Gasteiger partial charge >= 0.3 is 12.0 Å². The molecule has 0 spiro atoms. The van der Waals surface area contributed by atoms with Crippen LogP contribution in [0.25, 0.3) is 0 Å². The van der Waals surface area contributed by atoms with Gasteiger partial charge in [0.25, 0.3) is 11.8 Å². The molecule has 10 nitrogen and oxygen atoms in total. The summed E-state index contributed by atoms with van der Waals surface area (Å²) in [5.41, 5.74) is 0.765. The van der Waals surface area contributed by atoms with Crippen LogP contribution in [-0.4, -0.2) is 74.1 Å². The number of carbonyl (C=O) groups excluding carboxylic acids is 4. The van der Waals surface area contributed by atoms with E-state index in [9.17, 15) is 19.2 Å². The number of amides is 4. The SMILES string of the molecule is COc1ccc(CNC(=O)[C@H](C)OC(=O)CN2C(=O)CN(C)C2=O)cc1OC. The second-order valence-corrected chi connectivity index (χ2v) is 6.16. The van der Waals surface area contributed by atoms with Crippen molar-refractivity contribution in [3.63, 3.8) is 0 Å². The number of hydrogen-bond donors (Lipinski definition) is 1. The van der Waals surface area contributed by atoms with E-state index in [1.165, 1.54) is 33.1 Å². The van der Waals surface area contributed by atoms with Gasteiger partial charge in [-0.1, -0.05) is 6.07 Å². The van der Waals surface area contributed by atoms with Gasteiger partial charge in [-0.25, -0.2) is 4.79 Å². The van der Waals surface area contributed by atoms with Gasteiger partial charge in [-0.3, -0.25) is 19.3 Å². The second-order valence-electron chi connectivity index (χ2n) is 6.16. The van der Waals surface area contributed by atoms with E-state index in [0.29, 0.717) is 11.5 Å². The van der Waals surface area contributed by atoms with Crippen molar-refractivity contribution in [3.05, 3.63) is 23.8 Å². The van der Waals surface area contributed by atoms with E-state index < -0.39 is 36.5 Å². The van der Waals surface area contributed by atoms with Gasteiger partial charge in [0.1, 0.15) is 13.1 Å². The monoisotopic (exact) mass is 393 g/mol. The molecule has 152 valence electrons. The molecule has 1 N–H and O–H groups in total. The molecule has 0 saturated carbocycles. The van der Waals surface area contributed by atoms with Crippen LogP contribution >= 0.6 is 0 Å². The fourth-order valence-electron chi connectivity index (χ4n) is 2.56. The Bertz CT molecular complexity index is 780. The summed E-state index contributed by atoms with van der Waals surface area (Å²) in [5.74, 6) is -0.754. The molecule has 1 atom stereocenters. The lowest BCUT2D eigenvalue weighted by Crippen LogP contribution is -2.40. The number of urea groups is 1. The van der Waals surface area contributed by atoms with E-state index in [0.717, 1.165) is 10.5 Å². The maximum atomic E-state index is 12.1. The lowest BCUT2D eigenvalue weighted by molar-refractivity contribution is -0.156. The number of nitrogens with one attached hydrogen (secondary N) is 1. The molecule has 0 aliphatic carbocycles. The molecule has 1 aliphatic heterocycles. The maximum absolute atomic E-state index is 12.1. The molecular formula is C18H23N3O7. The van der Waals surface area contributed by atoms with Crippen molar-refractivity contribution < 1.29 is 33.4 Å². The third-order valence-corrected chi connectivity index (χ3v) is 4.11. The summed E-state index contributed by atoms with van der Waals surface area (Å²) in [7, 11) is 4.49. The van der Waals surface area contributed by atoms with Crippen molar-refractivity contribution in [1.82, 2.24) is 15.1 Å². The molecule has 0 bridgehead atoms. The van der Waals surface area contributed by atoms with Crippen molar-refractivity contribution in [3.8, 4) is 11.5 Å². The quantitative estimate of drug-likeness (QED) is 0.494. The minimum Gasteiger partial charge on any atom is -0.493 e. The number of nitrogens with zero attached hydrogens (tertiary/aromatic N) is 2. The average molecular weight is 393 g/mol. The first-order valence-electron chi connectivity index (χ1n) is 8.50. The standard InChI is InChI=1S/C18H23N3O7/c1-11(28-16(23)10-21-15(22)9-20(2)18(21)25)17(24)19-8-12-5-6-13(26-3)14(7-12)27-4/h5-7,11H,8-10H2,1-4H3,(H,19,24)/t11-/m0/s1. The van der Waals surface area contributed by atoms with E-state index in [1.807, 2.05) is 0 Å². The zero-order valence-corrected chi connectivity index (χ0v) is 16.2. The van der Waals surface area contributed by atoms with Gasteiger partial charge in [-0.2, -0.15) is 0 Å². The molecule has 10 heteroatoms. The number of rotatable bonds is 8. The predicted molar refractivity (Wildman–Crippen MR) is 96.7 cm³/mol. The number of carbonyl (C=O) groups is 4. The summed E-state index contributed by atoms with van der Waals surface area (Å²) in [6, 6.07) is 4.62. The third-order valence-electron chi connectivity index (χ3n) is 4.11. The topological polar surface area (TPSA) is 114 Å². The molecule has 1 aliphatic rings. The molecule has 28 heavy (non-hydrogen) atoms. The normalized spacial score (nSPS) is 14.7. The van der Waals surface area contributed by atoms with Crippen LogP contribution in [0.1, 0.15) is 12.5 Å². The van der Waals surface area contributed by atoms with Crippen LogP contribution in [0.3, 0.4) is 0 Å². The summed E-state index contributed by atoms with van der Waals surface area (Å²) in [5, 5.41) is 2.64. The average Bonchev–Trinajstić information content (AvgIpc) is 2.91. The van der Waals surface area contributed by atoms with Gasteiger partial charge in [0.2, 0.25) is 0 Å². The Hall–Kier alpha value is -3.30. The highest BCUT2D eigenvalue weighted by molar-refractivity contribution is 6.04. The van der Waals surface area contributed by atoms with Crippen LogP contribution in [0.2, 0.25) is 0 Å². The summed E-state index contributed by atoms with van der Waals surface area (Å²) < 4.78 is 15.4.